The molecule has 1 unspecified atom stereocenters. The van der Waals surface area contributed by atoms with Crippen molar-refractivity contribution in [1.82, 2.24) is 5.32 Å². The average molecular weight is 304 g/mol. The van der Waals surface area contributed by atoms with Crippen LogP contribution in [0.25, 0.3) is 0 Å². The lowest BCUT2D eigenvalue weighted by Gasteiger charge is -2.17. The second kappa shape index (κ2) is 6.97. The second-order valence-electron chi connectivity index (χ2n) is 4.56. The van der Waals surface area contributed by atoms with Crippen molar-refractivity contribution >= 4 is 15.9 Å². The maximum absolute atomic E-state index is 13.0. The summed E-state index contributed by atoms with van der Waals surface area (Å²) >= 11 is 3.34. The van der Waals surface area contributed by atoms with Crippen LogP contribution in [0.2, 0.25) is 0 Å². The molecule has 0 saturated heterocycles. The molecule has 2 nitrogen and oxygen atoms in total. The zero-order valence-corrected chi connectivity index (χ0v) is 12.1. The van der Waals surface area contributed by atoms with Crippen LogP contribution in [0.1, 0.15) is 20.8 Å². The quantitative estimate of drug-likeness (QED) is 0.867. The Morgan fingerprint density at radius 1 is 1.29 bits per heavy atom. The standard InChI is InChI=1S/C13H19BrFNO/c1-9(2)7-16-8-10(3)17-13-6-11(15)4-5-12(13)14/h4-6,9-10,16H,7-8H2,1-3H3. The molecule has 1 aromatic carbocycles. The molecule has 0 bridgehead atoms. The van der Waals surface area contributed by atoms with Gasteiger partial charge >= 0.3 is 0 Å². The normalized spacial score (nSPS) is 12.8. The molecule has 0 aromatic heterocycles. The predicted molar refractivity (Wildman–Crippen MR) is 71.9 cm³/mol. The van der Waals surface area contributed by atoms with Gasteiger partial charge in [-0.15, -0.1) is 0 Å². The molecule has 1 rings (SSSR count). The van der Waals surface area contributed by atoms with Crippen molar-refractivity contribution in [3.8, 4) is 5.75 Å². The minimum atomic E-state index is -0.287. The molecule has 0 saturated carbocycles. The summed E-state index contributed by atoms with van der Waals surface area (Å²) in [4.78, 5) is 0. The van der Waals surface area contributed by atoms with E-state index >= 15 is 0 Å². The second-order valence-corrected chi connectivity index (χ2v) is 5.41. The van der Waals surface area contributed by atoms with Crippen LogP contribution in [0, 0.1) is 11.7 Å². The monoisotopic (exact) mass is 303 g/mol. The molecular weight excluding hydrogens is 285 g/mol. The van der Waals surface area contributed by atoms with Gasteiger partial charge in [0.05, 0.1) is 4.47 Å². The van der Waals surface area contributed by atoms with Gasteiger partial charge in [-0.25, -0.2) is 4.39 Å². The van der Waals surface area contributed by atoms with Gasteiger partial charge in [0.15, 0.2) is 0 Å². The molecule has 96 valence electrons. The number of halogens is 2. The lowest BCUT2D eigenvalue weighted by atomic mass is 10.2. The van der Waals surface area contributed by atoms with Gasteiger partial charge < -0.3 is 10.1 Å². The highest BCUT2D eigenvalue weighted by atomic mass is 79.9. The number of ether oxygens (including phenoxy) is 1. The molecule has 0 amide bonds. The summed E-state index contributed by atoms with van der Waals surface area (Å²) in [7, 11) is 0. The van der Waals surface area contributed by atoms with E-state index in [9.17, 15) is 4.39 Å². The maximum atomic E-state index is 13.0. The summed E-state index contributed by atoms with van der Waals surface area (Å²) in [5.74, 6) is 0.873. The molecule has 0 aliphatic rings. The van der Waals surface area contributed by atoms with Gasteiger partial charge in [0.25, 0.3) is 0 Å². The van der Waals surface area contributed by atoms with E-state index in [4.69, 9.17) is 4.74 Å². The summed E-state index contributed by atoms with van der Waals surface area (Å²) in [6, 6.07) is 4.45. The van der Waals surface area contributed by atoms with Gasteiger partial charge in [0.1, 0.15) is 17.7 Å². The highest BCUT2D eigenvalue weighted by Crippen LogP contribution is 2.26. The average Bonchev–Trinajstić information content (AvgIpc) is 2.23. The highest BCUT2D eigenvalue weighted by Gasteiger charge is 2.08. The Kier molecular flexibility index (Phi) is 5.92. The molecule has 0 aliphatic heterocycles. The molecule has 1 aromatic rings. The smallest absolute Gasteiger partial charge is 0.136 e. The molecule has 0 spiro atoms. The number of rotatable bonds is 6. The molecule has 17 heavy (non-hydrogen) atoms. The van der Waals surface area contributed by atoms with Crippen LogP contribution < -0.4 is 10.1 Å². The third kappa shape index (κ3) is 5.50. The van der Waals surface area contributed by atoms with Gasteiger partial charge in [-0.05, 0) is 47.4 Å². The van der Waals surface area contributed by atoms with Gasteiger partial charge in [-0.2, -0.15) is 0 Å². The van der Waals surface area contributed by atoms with E-state index in [1.165, 1.54) is 12.1 Å². The number of nitrogens with one attached hydrogen (secondary N) is 1. The lowest BCUT2D eigenvalue weighted by Crippen LogP contribution is -2.31. The van der Waals surface area contributed by atoms with Crippen LogP contribution in [0.4, 0.5) is 4.39 Å². The van der Waals surface area contributed by atoms with Crippen molar-refractivity contribution in [2.24, 2.45) is 5.92 Å². The largest absolute Gasteiger partial charge is 0.488 e. The van der Waals surface area contributed by atoms with Crippen molar-refractivity contribution in [1.29, 1.82) is 0 Å². The summed E-state index contributed by atoms with van der Waals surface area (Å²) in [5, 5.41) is 3.30. The van der Waals surface area contributed by atoms with Crippen LogP contribution in [-0.2, 0) is 0 Å². The molecule has 0 fully saturated rings. The minimum absolute atomic E-state index is 0.00634. The molecule has 1 atom stereocenters. The van der Waals surface area contributed by atoms with Crippen molar-refractivity contribution in [3.63, 3.8) is 0 Å². The number of hydrogen-bond acceptors (Lipinski definition) is 2. The van der Waals surface area contributed by atoms with E-state index in [2.05, 4.69) is 35.1 Å². The minimum Gasteiger partial charge on any atom is -0.488 e. The van der Waals surface area contributed by atoms with Crippen LogP contribution in [0.5, 0.6) is 5.75 Å². The van der Waals surface area contributed by atoms with Gasteiger partial charge in [-0.3, -0.25) is 0 Å². The molecule has 4 heteroatoms. The topological polar surface area (TPSA) is 21.3 Å². The molecule has 0 heterocycles. The molecular formula is C13H19BrFNO. The van der Waals surface area contributed by atoms with E-state index in [1.807, 2.05) is 6.92 Å². The van der Waals surface area contributed by atoms with E-state index in [-0.39, 0.29) is 11.9 Å². The fourth-order valence-corrected chi connectivity index (χ4v) is 1.74. The Bertz CT molecular complexity index is 357. The van der Waals surface area contributed by atoms with E-state index in [1.54, 1.807) is 6.07 Å². The van der Waals surface area contributed by atoms with Crippen molar-refractivity contribution in [3.05, 3.63) is 28.5 Å². The fourth-order valence-electron chi connectivity index (χ4n) is 1.40. The summed E-state index contributed by atoms with van der Waals surface area (Å²) in [6.07, 6.45) is 0.00634. The summed E-state index contributed by atoms with van der Waals surface area (Å²) in [6.45, 7) is 7.98. The Morgan fingerprint density at radius 2 is 2.00 bits per heavy atom. The summed E-state index contributed by atoms with van der Waals surface area (Å²) < 4.78 is 19.5. The van der Waals surface area contributed by atoms with Gasteiger partial charge in [0, 0.05) is 12.6 Å². The van der Waals surface area contributed by atoms with Crippen LogP contribution in [-0.4, -0.2) is 19.2 Å². The van der Waals surface area contributed by atoms with Crippen LogP contribution >= 0.6 is 15.9 Å². The summed E-state index contributed by atoms with van der Waals surface area (Å²) in [5.41, 5.74) is 0. The van der Waals surface area contributed by atoms with Gasteiger partial charge in [-0.1, -0.05) is 13.8 Å². The SMILES string of the molecule is CC(C)CNCC(C)Oc1cc(F)ccc1Br. The van der Waals surface area contributed by atoms with E-state index in [0.717, 1.165) is 17.6 Å². The number of benzene rings is 1. The Morgan fingerprint density at radius 3 is 2.65 bits per heavy atom. The Balaban J connectivity index is 2.44. The van der Waals surface area contributed by atoms with Crippen LogP contribution in [0.15, 0.2) is 22.7 Å². The highest BCUT2D eigenvalue weighted by molar-refractivity contribution is 9.10. The predicted octanol–water partition coefficient (Wildman–Crippen LogP) is 3.60. The first-order valence-corrected chi connectivity index (χ1v) is 6.60. The zero-order chi connectivity index (χ0) is 12.8. The van der Waals surface area contributed by atoms with E-state index in [0.29, 0.717) is 11.7 Å². The lowest BCUT2D eigenvalue weighted by molar-refractivity contribution is 0.213. The first kappa shape index (κ1) is 14.5. The molecule has 0 aliphatic carbocycles. The first-order chi connectivity index (χ1) is 7.99. The zero-order valence-electron chi connectivity index (χ0n) is 10.5. The van der Waals surface area contributed by atoms with Crippen molar-refractivity contribution in [2.75, 3.05) is 13.1 Å². The van der Waals surface area contributed by atoms with E-state index < -0.39 is 0 Å². The molecule has 1 N–H and O–H groups in total. The van der Waals surface area contributed by atoms with Gasteiger partial charge in [0.2, 0.25) is 0 Å². The number of hydrogen-bond donors (Lipinski definition) is 1. The Hall–Kier alpha value is -0.610. The molecule has 0 radical (unpaired) electrons. The maximum Gasteiger partial charge on any atom is 0.136 e. The third-order valence-corrected chi connectivity index (χ3v) is 2.86. The third-order valence-electron chi connectivity index (χ3n) is 2.21. The first-order valence-electron chi connectivity index (χ1n) is 5.81. The fraction of sp³-hybridized carbons (Fsp3) is 0.538. The van der Waals surface area contributed by atoms with Crippen molar-refractivity contribution < 1.29 is 9.13 Å². The van der Waals surface area contributed by atoms with Crippen LogP contribution in [0.3, 0.4) is 0 Å². The van der Waals surface area contributed by atoms with Crippen molar-refractivity contribution in [2.45, 2.75) is 26.9 Å². The Labute approximate surface area is 111 Å².